The van der Waals surface area contributed by atoms with Crippen molar-refractivity contribution in [3.05, 3.63) is 64.4 Å². The third-order valence-electron chi connectivity index (χ3n) is 4.93. The van der Waals surface area contributed by atoms with Crippen molar-refractivity contribution in [1.82, 2.24) is 9.88 Å². The lowest BCUT2D eigenvalue weighted by Gasteiger charge is -2.27. The molecule has 0 spiro atoms. The first-order chi connectivity index (χ1) is 14.0. The van der Waals surface area contributed by atoms with E-state index in [1.54, 1.807) is 41.4 Å². The van der Waals surface area contributed by atoms with Crippen LogP contribution in [0.4, 0.5) is 14.9 Å². The maximum Gasteiger partial charge on any atom is 0.322 e. The summed E-state index contributed by atoms with van der Waals surface area (Å²) in [5, 5.41) is 21.9. The molecule has 2 aromatic rings. The van der Waals surface area contributed by atoms with E-state index < -0.39 is 12.6 Å². The standard InChI is InChI=1S/C21H23ClFN3O3/c22-19-9-16(17(12-27)13-28)11-24-20(19)15-5-7-26(8-6-15)21(29)25-18-3-1-14(10-23)2-4-18/h1-5,9,11,17,27-28H,6-8,10,12-13H2,(H,25,29). The predicted octanol–water partition coefficient (Wildman–Crippen LogP) is 3.59. The van der Waals surface area contributed by atoms with Gasteiger partial charge in [-0.2, -0.15) is 0 Å². The molecule has 2 amide bonds. The minimum absolute atomic E-state index is 0.183. The fraction of sp³-hybridized carbons (Fsp3) is 0.333. The number of alkyl halides is 1. The molecule has 3 N–H and O–H groups in total. The second-order valence-corrected chi connectivity index (χ2v) is 7.25. The number of carbonyl (C=O) groups excluding carboxylic acids is 1. The SMILES string of the molecule is O=C(Nc1ccc(CF)cc1)N1CC=C(c2ncc(C(CO)CO)cc2Cl)CC1. The van der Waals surface area contributed by atoms with Gasteiger partial charge < -0.3 is 20.4 Å². The Hall–Kier alpha value is -2.48. The number of hydrogen-bond donors (Lipinski definition) is 3. The van der Waals surface area contributed by atoms with Crippen molar-refractivity contribution in [2.45, 2.75) is 19.0 Å². The number of amides is 2. The van der Waals surface area contributed by atoms with Gasteiger partial charge >= 0.3 is 6.03 Å². The normalized spacial score (nSPS) is 14.1. The predicted molar refractivity (Wildman–Crippen MR) is 111 cm³/mol. The zero-order valence-corrected chi connectivity index (χ0v) is 16.6. The van der Waals surface area contributed by atoms with Crippen LogP contribution < -0.4 is 5.32 Å². The van der Waals surface area contributed by atoms with Crippen molar-refractivity contribution >= 4 is 28.9 Å². The Balaban J connectivity index is 1.64. The van der Waals surface area contributed by atoms with Gasteiger partial charge in [0, 0.05) is 30.9 Å². The summed E-state index contributed by atoms with van der Waals surface area (Å²) in [7, 11) is 0. The van der Waals surface area contributed by atoms with Crippen molar-refractivity contribution in [3.8, 4) is 0 Å². The summed E-state index contributed by atoms with van der Waals surface area (Å²) in [6.07, 6.45) is 4.13. The molecule has 0 saturated heterocycles. The van der Waals surface area contributed by atoms with Gasteiger partial charge in [-0.1, -0.05) is 29.8 Å². The summed E-state index contributed by atoms with van der Waals surface area (Å²) in [4.78, 5) is 18.5. The summed E-state index contributed by atoms with van der Waals surface area (Å²) in [5.74, 6) is -0.410. The van der Waals surface area contributed by atoms with E-state index in [9.17, 15) is 19.4 Å². The first-order valence-corrected chi connectivity index (χ1v) is 9.71. The number of aliphatic hydroxyl groups excluding tert-OH is 2. The Kier molecular flexibility index (Phi) is 7.19. The first-order valence-electron chi connectivity index (χ1n) is 9.33. The molecule has 29 heavy (non-hydrogen) atoms. The highest BCUT2D eigenvalue weighted by atomic mass is 35.5. The number of nitrogens with one attached hydrogen (secondary N) is 1. The summed E-state index contributed by atoms with van der Waals surface area (Å²) >= 11 is 6.37. The average molecular weight is 420 g/mol. The quantitative estimate of drug-likeness (QED) is 0.667. The van der Waals surface area contributed by atoms with Gasteiger partial charge in [-0.05, 0) is 41.3 Å². The third kappa shape index (κ3) is 5.12. The molecule has 1 aliphatic heterocycles. The lowest BCUT2D eigenvalue weighted by molar-refractivity contribution is 0.192. The van der Waals surface area contributed by atoms with E-state index in [1.165, 1.54) is 0 Å². The number of rotatable bonds is 6. The van der Waals surface area contributed by atoms with Crippen LogP contribution in [0.5, 0.6) is 0 Å². The van der Waals surface area contributed by atoms with Crippen LogP contribution in [0, 0.1) is 0 Å². The van der Waals surface area contributed by atoms with Gasteiger partial charge in [0.05, 0.1) is 23.9 Å². The van der Waals surface area contributed by atoms with Crippen LogP contribution in [-0.4, -0.2) is 52.4 Å². The monoisotopic (exact) mass is 419 g/mol. The van der Waals surface area contributed by atoms with Crippen molar-refractivity contribution in [3.63, 3.8) is 0 Å². The number of carbonyl (C=O) groups is 1. The van der Waals surface area contributed by atoms with Gasteiger partial charge in [-0.15, -0.1) is 0 Å². The number of pyridine rings is 1. The largest absolute Gasteiger partial charge is 0.396 e. The summed E-state index contributed by atoms with van der Waals surface area (Å²) in [6.45, 7) is 0.0235. The van der Waals surface area contributed by atoms with Crippen molar-refractivity contribution in [1.29, 1.82) is 0 Å². The molecule has 154 valence electrons. The Labute approximate surface area is 173 Å². The zero-order valence-electron chi connectivity index (χ0n) is 15.8. The summed E-state index contributed by atoms with van der Waals surface area (Å²) in [6, 6.07) is 8.11. The highest BCUT2D eigenvalue weighted by molar-refractivity contribution is 6.32. The number of aliphatic hydroxyl groups is 2. The van der Waals surface area contributed by atoms with Crippen molar-refractivity contribution in [2.24, 2.45) is 0 Å². The van der Waals surface area contributed by atoms with E-state index in [0.29, 0.717) is 47.0 Å². The van der Waals surface area contributed by atoms with Gasteiger partial charge in [0.2, 0.25) is 0 Å². The number of aromatic nitrogens is 1. The van der Waals surface area contributed by atoms with Crippen molar-refractivity contribution < 1.29 is 19.4 Å². The van der Waals surface area contributed by atoms with Crippen LogP contribution in [0.1, 0.15) is 29.2 Å². The van der Waals surface area contributed by atoms with E-state index in [0.717, 1.165) is 5.57 Å². The summed E-state index contributed by atoms with van der Waals surface area (Å²) < 4.78 is 12.6. The third-order valence-corrected chi connectivity index (χ3v) is 5.22. The molecule has 0 fully saturated rings. The molecule has 6 nitrogen and oxygen atoms in total. The van der Waals surface area contributed by atoms with Crippen LogP contribution in [0.3, 0.4) is 0 Å². The number of halogens is 2. The first kappa shape index (κ1) is 21.2. The van der Waals surface area contributed by atoms with Crippen LogP contribution in [0.25, 0.3) is 5.57 Å². The lowest BCUT2D eigenvalue weighted by atomic mass is 10.00. The van der Waals surface area contributed by atoms with Gasteiger partial charge in [0.15, 0.2) is 0 Å². The Morgan fingerprint density at radius 1 is 1.28 bits per heavy atom. The highest BCUT2D eigenvalue weighted by Crippen LogP contribution is 2.29. The molecule has 0 aliphatic carbocycles. The van der Waals surface area contributed by atoms with Crippen LogP contribution in [-0.2, 0) is 6.67 Å². The number of benzene rings is 1. The Morgan fingerprint density at radius 3 is 2.55 bits per heavy atom. The highest BCUT2D eigenvalue weighted by Gasteiger charge is 2.21. The molecule has 3 rings (SSSR count). The maximum absolute atomic E-state index is 12.6. The smallest absolute Gasteiger partial charge is 0.322 e. The minimum atomic E-state index is -0.536. The molecule has 8 heteroatoms. The number of hydrogen-bond acceptors (Lipinski definition) is 4. The molecule has 0 unspecified atom stereocenters. The zero-order chi connectivity index (χ0) is 20.8. The molecule has 0 radical (unpaired) electrons. The van der Waals surface area contributed by atoms with Crippen molar-refractivity contribution in [2.75, 3.05) is 31.6 Å². The molecule has 1 aromatic heterocycles. The van der Waals surface area contributed by atoms with E-state index in [2.05, 4.69) is 10.3 Å². The fourth-order valence-electron chi connectivity index (χ4n) is 3.13. The molecular weight excluding hydrogens is 397 g/mol. The van der Waals surface area contributed by atoms with E-state index in [1.807, 2.05) is 6.08 Å². The van der Waals surface area contributed by atoms with E-state index >= 15 is 0 Å². The summed E-state index contributed by atoms with van der Waals surface area (Å²) in [5.41, 5.74) is 3.45. The minimum Gasteiger partial charge on any atom is -0.396 e. The second-order valence-electron chi connectivity index (χ2n) is 6.85. The van der Waals surface area contributed by atoms with E-state index in [-0.39, 0.29) is 19.2 Å². The van der Waals surface area contributed by atoms with Gasteiger partial charge in [0.1, 0.15) is 6.67 Å². The van der Waals surface area contributed by atoms with Crippen LogP contribution >= 0.6 is 11.6 Å². The molecule has 0 atom stereocenters. The van der Waals surface area contributed by atoms with Gasteiger partial charge in [-0.3, -0.25) is 4.98 Å². The lowest BCUT2D eigenvalue weighted by Crippen LogP contribution is -2.38. The molecule has 0 saturated carbocycles. The Bertz CT molecular complexity index is 885. The topological polar surface area (TPSA) is 85.7 Å². The molecular formula is C21H23ClFN3O3. The van der Waals surface area contributed by atoms with Crippen LogP contribution in [0.2, 0.25) is 5.02 Å². The molecule has 0 bridgehead atoms. The molecule has 1 aliphatic rings. The molecule has 1 aromatic carbocycles. The second kappa shape index (κ2) is 9.82. The Morgan fingerprint density at radius 2 is 2.00 bits per heavy atom. The van der Waals surface area contributed by atoms with Gasteiger partial charge in [-0.25, -0.2) is 9.18 Å². The fourth-order valence-corrected chi connectivity index (χ4v) is 3.43. The van der Waals surface area contributed by atoms with Crippen LogP contribution in [0.15, 0.2) is 42.6 Å². The maximum atomic E-state index is 12.6. The average Bonchev–Trinajstić information content (AvgIpc) is 2.75. The number of urea groups is 1. The molecule has 2 heterocycles. The number of nitrogens with zero attached hydrogens (tertiary/aromatic N) is 2. The van der Waals surface area contributed by atoms with E-state index in [4.69, 9.17) is 11.6 Å². The van der Waals surface area contributed by atoms with Gasteiger partial charge in [0.25, 0.3) is 0 Å². The number of anilines is 1.